The largest absolute Gasteiger partial charge is 0.478 e. The summed E-state index contributed by atoms with van der Waals surface area (Å²) >= 11 is 0. The van der Waals surface area contributed by atoms with Crippen LogP contribution in [0.2, 0.25) is 0 Å². The number of aromatic carboxylic acids is 1. The van der Waals surface area contributed by atoms with Gasteiger partial charge in [0, 0.05) is 0 Å². The molecule has 5 nitrogen and oxygen atoms in total. The van der Waals surface area contributed by atoms with E-state index >= 15 is 0 Å². The fourth-order valence-electron chi connectivity index (χ4n) is 1.70. The van der Waals surface area contributed by atoms with Crippen LogP contribution >= 0.6 is 0 Å². The molecule has 1 N–H and O–H groups in total. The summed E-state index contributed by atoms with van der Waals surface area (Å²) in [5.74, 6) is -4.93. The average molecular weight is 268 g/mol. The Morgan fingerprint density at radius 1 is 1.37 bits per heavy atom. The molecule has 0 aliphatic rings. The van der Waals surface area contributed by atoms with Crippen LogP contribution in [0.15, 0.2) is 18.2 Å². The first kappa shape index (κ1) is 14.8. The number of benzene rings is 1. The van der Waals surface area contributed by atoms with Gasteiger partial charge in [-0.25, -0.2) is 9.18 Å². The molecule has 6 heteroatoms. The van der Waals surface area contributed by atoms with Crippen LogP contribution in [0.4, 0.5) is 4.39 Å². The van der Waals surface area contributed by atoms with Crippen LogP contribution in [0.3, 0.4) is 0 Å². The zero-order valence-electron chi connectivity index (χ0n) is 10.5. The molecule has 1 unspecified atom stereocenters. The van der Waals surface area contributed by atoms with Gasteiger partial charge in [0.2, 0.25) is 0 Å². The molecule has 0 bridgehead atoms. The maximum atomic E-state index is 13.1. The van der Waals surface area contributed by atoms with Crippen molar-refractivity contribution in [2.45, 2.75) is 19.8 Å². The minimum atomic E-state index is -1.41. The van der Waals surface area contributed by atoms with E-state index in [1.807, 2.05) is 0 Å². The number of carboxylic acid groups (broad SMARTS) is 1. The highest BCUT2D eigenvalue weighted by Crippen LogP contribution is 2.24. The minimum Gasteiger partial charge on any atom is -0.478 e. The summed E-state index contributed by atoms with van der Waals surface area (Å²) in [6, 6.07) is 2.88. The van der Waals surface area contributed by atoms with E-state index in [0.29, 0.717) is 0 Å². The number of halogens is 1. The van der Waals surface area contributed by atoms with Gasteiger partial charge in [-0.2, -0.15) is 0 Å². The first-order chi connectivity index (χ1) is 8.88. The van der Waals surface area contributed by atoms with Gasteiger partial charge in [0.1, 0.15) is 17.5 Å². The predicted molar refractivity (Wildman–Crippen MR) is 63.4 cm³/mol. The Morgan fingerprint density at radius 2 is 2.00 bits per heavy atom. The van der Waals surface area contributed by atoms with Crippen molar-refractivity contribution in [3.05, 3.63) is 35.1 Å². The van der Waals surface area contributed by atoms with E-state index in [0.717, 1.165) is 25.1 Å². The molecular weight excluding hydrogens is 255 g/mol. The molecule has 0 saturated carbocycles. The maximum Gasteiger partial charge on any atom is 0.336 e. The van der Waals surface area contributed by atoms with Crippen molar-refractivity contribution in [3.8, 4) is 0 Å². The molecule has 0 amide bonds. The van der Waals surface area contributed by atoms with E-state index in [4.69, 9.17) is 9.84 Å². The summed E-state index contributed by atoms with van der Waals surface area (Å²) in [7, 11) is 0. The third-order valence-corrected chi connectivity index (χ3v) is 2.49. The second kappa shape index (κ2) is 6.08. The highest BCUT2D eigenvalue weighted by Gasteiger charge is 2.30. The van der Waals surface area contributed by atoms with Crippen LogP contribution < -0.4 is 0 Å². The number of carbonyl (C=O) groups is 3. The molecule has 1 aromatic carbocycles. The highest BCUT2D eigenvalue weighted by atomic mass is 19.1. The summed E-state index contributed by atoms with van der Waals surface area (Å²) in [5.41, 5.74) is -0.492. The predicted octanol–water partition coefficient (Wildman–Crippen LogP) is 1.76. The molecule has 0 aliphatic heterocycles. The number of rotatable bonds is 5. The SMILES string of the molecule is CCOC(=O)C(C(C)=O)c1ccc(F)cc1C(=O)O. The Morgan fingerprint density at radius 3 is 2.47 bits per heavy atom. The van der Waals surface area contributed by atoms with E-state index in [2.05, 4.69) is 0 Å². The van der Waals surface area contributed by atoms with E-state index in [-0.39, 0.29) is 12.2 Å². The van der Waals surface area contributed by atoms with Crippen molar-refractivity contribution in [1.82, 2.24) is 0 Å². The number of ether oxygens (including phenoxy) is 1. The molecule has 0 spiro atoms. The van der Waals surface area contributed by atoms with Crippen LogP contribution in [0, 0.1) is 5.82 Å². The Kier molecular flexibility index (Phi) is 4.74. The Bertz CT molecular complexity index is 524. The standard InChI is InChI=1S/C13H13FO5/c1-3-19-13(18)11(7(2)15)9-5-4-8(14)6-10(9)12(16)17/h4-6,11H,3H2,1-2H3,(H,16,17). The van der Waals surface area contributed by atoms with Gasteiger partial charge in [-0.15, -0.1) is 0 Å². The summed E-state index contributed by atoms with van der Waals surface area (Å²) in [6.45, 7) is 2.78. The molecule has 0 fully saturated rings. The third kappa shape index (κ3) is 3.37. The molecular formula is C13H13FO5. The molecule has 0 heterocycles. The first-order valence-electron chi connectivity index (χ1n) is 5.58. The van der Waals surface area contributed by atoms with E-state index in [9.17, 15) is 18.8 Å². The zero-order chi connectivity index (χ0) is 14.6. The minimum absolute atomic E-state index is 0.0617. The van der Waals surface area contributed by atoms with E-state index < -0.39 is 35.0 Å². The monoisotopic (exact) mass is 268 g/mol. The number of carboxylic acids is 1. The van der Waals surface area contributed by atoms with Crippen molar-refractivity contribution < 1.29 is 28.6 Å². The Hall–Kier alpha value is -2.24. The van der Waals surface area contributed by atoms with Gasteiger partial charge < -0.3 is 9.84 Å². The molecule has 0 radical (unpaired) electrons. The lowest BCUT2D eigenvalue weighted by Gasteiger charge is -2.15. The number of hydrogen-bond acceptors (Lipinski definition) is 4. The van der Waals surface area contributed by atoms with Gasteiger partial charge in [-0.05, 0) is 31.5 Å². The quantitative estimate of drug-likeness (QED) is 0.650. The van der Waals surface area contributed by atoms with Crippen molar-refractivity contribution in [1.29, 1.82) is 0 Å². The smallest absolute Gasteiger partial charge is 0.336 e. The van der Waals surface area contributed by atoms with Crippen LogP contribution in [-0.4, -0.2) is 29.4 Å². The first-order valence-corrected chi connectivity index (χ1v) is 5.58. The van der Waals surface area contributed by atoms with Gasteiger partial charge in [0.05, 0.1) is 12.2 Å². The average Bonchev–Trinajstić information content (AvgIpc) is 2.31. The van der Waals surface area contributed by atoms with Crippen LogP contribution in [0.5, 0.6) is 0 Å². The summed E-state index contributed by atoms with van der Waals surface area (Å²) in [4.78, 5) is 34.3. The number of ketones is 1. The zero-order valence-corrected chi connectivity index (χ0v) is 10.5. The molecule has 1 rings (SSSR count). The second-order valence-electron chi connectivity index (χ2n) is 3.83. The van der Waals surface area contributed by atoms with Gasteiger partial charge in [-0.3, -0.25) is 9.59 Å². The molecule has 102 valence electrons. The Labute approximate surface area is 109 Å². The number of hydrogen-bond donors (Lipinski definition) is 1. The van der Waals surface area contributed by atoms with Crippen LogP contribution in [0.25, 0.3) is 0 Å². The summed E-state index contributed by atoms with van der Waals surface area (Å²) in [5, 5.41) is 9.00. The molecule has 1 aromatic rings. The van der Waals surface area contributed by atoms with Crippen LogP contribution in [0.1, 0.15) is 35.7 Å². The molecule has 19 heavy (non-hydrogen) atoms. The maximum absolute atomic E-state index is 13.1. The highest BCUT2D eigenvalue weighted by molar-refractivity contribution is 6.06. The van der Waals surface area contributed by atoms with Gasteiger partial charge in [0.25, 0.3) is 0 Å². The van der Waals surface area contributed by atoms with E-state index in [1.54, 1.807) is 6.92 Å². The lowest BCUT2D eigenvalue weighted by atomic mass is 9.91. The lowest BCUT2D eigenvalue weighted by Crippen LogP contribution is -2.24. The Balaban J connectivity index is 3.34. The fraction of sp³-hybridized carbons (Fsp3) is 0.308. The summed E-state index contributed by atoms with van der Waals surface area (Å²) < 4.78 is 17.8. The fourth-order valence-corrected chi connectivity index (χ4v) is 1.70. The van der Waals surface area contributed by atoms with E-state index in [1.165, 1.54) is 0 Å². The molecule has 1 atom stereocenters. The van der Waals surface area contributed by atoms with Crippen molar-refractivity contribution in [3.63, 3.8) is 0 Å². The van der Waals surface area contributed by atoms with Crippen LogP contribution in [-0.2, 0) is 14.3 Å². The number of Topliss-reactive ketones (excluding diaryl/α,β-unsaturated/α-hetero) is 1. The lowest BCUT2D eigenvalue weighted by molar-refractivity contribution is -0.147. The topological polar surface area (TPSA) is 80.7 Å². The molecule has 0 saturated heterocycles. The number of esters is 1. The third-order valence-electron chi connectivity index (χ3n) is 2.49. The van der Waals surface area contributed by atoms with Crippen molar-refractivity contribution in [2.75, 3.05) is 6.61 Å². The van der Waals surface area contributed by atoms with Gasteiger partial charge in [-0.1, -0.05) is 6.07 Å². The molecule has 0 aliphatic carbocycles. The second-order valence-corrected chi connectivity index (χ2v) is 3.83. The number of carbonyl (C=O) groups excluding carboxylic acids is 2. The molecule has 0 aromatic heterocycles. The van der Waals surface area contributed by atoms with Crippen molar-refractivity contribution in [2.24, 2.45) is 0 Å². The summed E-state index contributed by atoms with van der Waals surface area (Å²) in [6.07, 6.45) is 0. The van der Waals surface area contributed by atoms with Crippen molar-refractivity contribution >= 4 is 17.7 Å². The van der Waals surface area contributed by atoms with Gasteiger partial charge in [0.15, 0.2) is 0 Å². The van der Waals surface area contributed by atoms with Gasteiger partial charge >= 0.3 is 11.9 Å². The normalized spacial score (nSPS) is 11.7.